The molecule has 0 aliphatic carbocycles. The lowest BCUT2D eigenvalue weighted by atomic mass is 10.1. The van der Waals surface area contributed by atoms with E-state index in [-0.39, 0.29) is 5.43 Å². The van der Waals surface area contributed by atoms with Gasteiger partial charge in [0.05, 0.1) is 26.9 Å². The number of hydrogen-bond donors (Lipinski definition) is 0. The molecule has 5 nitrogen and oxygen atoms in total. The second kappa shape index (κ2) is 6.04. The predicted octanol–water partition coefficient (Wildman–Crippen LogP) is 3.49. The van der Waals surface area contributed by atoms with Crippen LogP contribution in [0.2, 0.25) is 0 Å². The van der Waals surface area contributed by atoms with Gasteiger partial charge in [0, 0.05) is 6.07 Å². The van der Waals surface area contributed by atoms with Crippen LogP contribution in [0.1, 0.15) is 0 Å². The molecule has 0 unspecified atom stereocenters. The Morgan fingerprint density at radius 1 is 0.826 bits per heavy atom. The van der Waals surface area contributed by atoms with Crippen LogP contribution in [0.3, 0.4) is 0 Å². The number of hydrogen-bond acceptors (Lipinski definition) is 5. The van der Waals surface area contributed by atoms with E-state index in [4.69, 9.17) is 18.6 Å². The van der Waals surface area contributed by atoms with Crippen LogP contribution < -0.4 is 19.6 Å². The van der Waals surface area contributed by atoms with Crippen LogP contribution in [0, 0.1) is 0 Å². The normalized spacial score (nSPS) is 10.6. The highest BCUT2D eigenvalue weighted by atomic mass is 16.5. The fraction of sp³-hybridized carbons (Fsp3) is 0.167. The van der Waals surface area contributed by atoms with Crippen molar-refractivity contribution >= 4 is 11.0 Å². The number of rotatable bonds is 4. The van der Waals surface area contributed by atoms with Gasteiger partial charge in [-0.1, -0.05) is 12.1 Å². The molecular formula is C18H16O5. The van der Waals surface area contributed by atoms with Crippen molar-refractivity contribution in [1.82, 2.24) is 0 Å². The summed E-state index contributed by atoms with van der Waals surface area (Å²) in [7, 11) is 4.60. The molecule has 0 saturated carbocycles. The van der Waals surface area contributed by atoms with Gasteiger partial charge in [-0.3, -0.25) is 4.79 Å². The van der Waals surface area contributed by atoms with E-state index in [0.29, 0.717) is 39.5 Å². The number of fused-ring (bicyclic) bond motifs is 1. The maximum absolute atomic E-state index is 12.6. The minimum Gasteiger partial charge on any atom is -0.496 e. The Morgan fingerprint density at radius 3 is 2.17 bits per heavy atom. The van der Waals surface area contributed by atoms with Gasteiger partial charge in [0.15, 0.2) is 16.8 Å². The van der Waals surface area contributed by atoms with E-state index in [1.54, 1.807) is 19.2 Å². The van der Waals surface area contributed by atoms with Crippen molar-refractivity contribution in [2.75, 3.05) is 21.3 Å². The summed E-state index contributed by atoms with van der Waals surface area (Å²) in [6.45, 7) is 0. The molecule has 5 heteroatoms. The van der Waals surface area contributed by atoms with E-state index < -0.39 is 0 Å². The van der Waals surface area contributed by atoms with E-state index in [2.05, 4.69) is 0 Å². The molecule has 0 atom stereocenters. The van der Waals surface area contributed by atoms with E-state index >= 15 is 0 Å². The quantitative estimate of drug-likeness (QED) is 0.738. The van der Waals surface area contributed by atoms with Crippen molar-refractivity contribution in [2.24, 2.45) is 0 Å². The molecule has 2 aromatic carbocycles. The van der Waals surface area contributed by atoms with Gasteiger partial charge in [0.2, 0.25) is 0 Å². The molecule has 23 heavy (non-hydrogen) atoms. The zero-order valence-electron chi connectivity index (χ0n) is 13.1. The molecule has 118 valence electrons. The first-order valence-electron chi connectivity index (χ1n) is 7.01. The Balaban J connectivity index is 2.35. The lowest BCUT2D eigenvalue weighted by Gasteiger charge is -2.11. The second-order valence-corrected chi connectivity index (χ2v) is 4.85. The Bertz CT molecular complexity index is 911. The molecule has 0 radical (unpaired) electrons. The van der Waals surface area contributed by atoms with Crippen LogP contribution in [0.4, 0.5) is 0 Å². The van der Waals surface area contributed by atoms with Gasteiger partial charge >= 0.3 is 0 Å². The first kappa shape index (κ1) is 15.0. The topological polar surface area (TPSA) is 57.9 Å². The van der Waals surface area contributed by atoms with E-state index in [9.17, 15) is 4.79 Å². The molecular weight excluding hydrogens is 296 g/mol. The summed E-state index contributed by atoms with van der Waals surface area (Å²) >= 11 is 0. The first-order valence-corrected chi connectivity index (χ1v) is 7.01. The highest BCUT2D eigenvalue weighted by Crippen LogP contribution is 2.36. The largest absolute Gasteiger partial charge is 0.496 e. The van der Waals surface area contributed by atoms with Gasteiger partial charge in [-0.2, -0.15) is 0 Å². The monoisotopic (exact) mass is 312 g/mol. The molecule has 0 bridgehead atoms. The van der Waals surface area contributed by atoms with E-state index in [1.807, 2.05) is 24.3 Å². The van der Waals surface area contributed by atoms with Crippen LogP contribution in [-0.4, -0.2) is 21.3 Å². The van der Waals surface area contributed by atoms with E-state index in [0.717, 1.165) is 0 Å². The molecule has 0 aliphatic heterocycles. The Hall–Kier alpha value is -2.95. The first-order chi connectivity index (χ1) is 11.2. The van der Waals surface area contributed by atoms with Gasteiger partial charge < -0.3 is 18.6 Å². The Kier molecular flexibility index (Phi) is 3.93. The summed E-state index contributed by atoms with van der Waals surface area (Å²) in [6, 6.07) is 12.2. The number of ether oxygens (including phenoxy) is 3. The van der Waals surface area contributed by atoms with Gasteiger partial charge in [0.1, 0.15) is 22.6 Å². The fourth-order valence-corrected chi connectivity index (χ4v) is 2.52. The number of para-hydroxylation sites is 1. The maximum Gasteiger partial charge on any atom is 0.197 e. The van der Waals surface area contributed by atoms with Crippen LogP contribution in [-0.2, 0) is 0 Å². The molecule has 0 aliphatic rings. The highest BCUT2D eigenvalue weighted by Gasteiger charge is 2.17. The van der Waals surface area contributed by atoms with Crippen molar-refractivity contribution in [3.05, 3.63) is 52.7 Å². The molecule has 0 fully saturated rings. The maximum atomic E-state index is 12.6. The summed E-state index contributed by atoms with van der Waals surface area (Å²) in [5, 5.41) is 0.352. The molecule has 0 saturated heterocycles. The summed E-state index contributed by atoms with van der Waals surface area (Å²) in [4.78, 5) is 12.6. The average molecular weight is 312 g/mol. The summed E-state index contributed by atoms with van der Waals surface area (Å²) in [5.41, 5.74) is 0.835. The van der Waals surface area contributed by atoms with Crippen molar-refractivity contribution < 1.29 is 18.6 Å². The van der Waals surface area contributed by atoms with Crippen LogP contribution in [0.5, 0.6) is 17.2 Å². The number of benzene rings is 2. The minimum atomic E-state index is -0.206. The molecule has 0 amide bonds. The number of methoxy groups -OCH3 is 3. The van der Waals surface area contributed by atoms with Crippen LogP contribution in [0.25, 0.3) is 22.3 Å². The van der Waals surface area contributed by atoms with Gasteiger partial charge in [-0.25, -0.2) is 0 Å². The standard InChI is InChI=1S/C18H16O5/c1-20-13-7-5-4-6-11(13)16-10-12(19)17-14(21-2)8-9-15(22-3)18(17)23-16/h4-10H,1-3H3. The highest BCUT2D eigenvalue weighted by molar-refractivity contribution is 5.89. The zero-order chi connectivity index (χ0) is 16.4. The molecule has 3 aromatic rings. The summed E-state index contributed by atoms with van der Waals surface area (Å²) in [6.07, 6.45) is 0. The molecule has 0 spiro atoms. The minimum absolute atomic E-state index is 0.206. The lowest BCUT2D eigenvalue weighted by Crippen LogP contribution is -2.04. The van der Waals surface area contributed by atoms with Crippen molar-refractivity contribution in [3.8, 4) is 28.6 Å². The fourth-order valence-electron chi connectivity index (χ4n) is 2.52. The SMILES string of the molecule is COc1ccccc1-c1cc(=O)c2c(OC)ccc(OC)c2o1. The van der Waals surface area contributed by atoms with Crippen molar-refractivity contribution in [1.29, 1.82) is 0 Å². The Labute approximate surface area is 133 Å². The molecule has 3 rings (SSSR count). The third-order valence-corrected chi connectivity index (χ3v) is 3.62. The van der Waals surface area contributed by atoms with Gasteiger partial charge in [-0.15, -0.1) is 0 Å². The lowest BCUT2D eigenvalue weighted by molar-refractivity contribution is 0.401. The van der Waals surface area contributed by atoms with Crippen LogP contribution in [0.15, 0.2) is 51.7 Å². The third-order valence-electron chi connectivity index (χ3n) is 3.62. The molecule has 0 N–H and O–H groups in total. The predicted molar refractivity (Wildman–Crippen MR) is 87.6 cm³/mol. The average Bonchev–Trinajstić information content (AvgIpc) is 2.60. The summed E-state index contributed by atoms with van der Waals surface area (Å²) < 4.78 is 21.9. The van der Waals surface area contributed by atoms with E-state index in [1.165, 1.54) is 20.3 Å². The van der Waals surface area contributed by atoms with Crippen molar-refractivity contribution in [2.45, 2.75) is 0 Å². The zero-order valence-corrected chi connectivity index (χ0v) is 13.1. The van der Waals surface area contributed by atoms with Crippen LogP contribution >= 0.6 is 0 Å². The summed E-state index contributed by atoms with van der Waals surface area (Å²) in [5.74, 6) is 1.94. The van der Waals surface area contributed by atoms with Gasteiger partial charge in [0.25, 0.3) is 0 Å². The molecule has 1 aromatic heterocycles. The molecule has 1 heterocycles. The van der Waals surface area contributed by atoms with Crippen molar-refractivity contribution in [3.63, 3.8) is 0 Å². The smallest absolute Gasteiger partial charge is 0.197 e. The van der Waals surface area contributed by atoms with Gasteiger partial charge in [-0.05, 0) is 24.3 Å². The Morgan fingerprint density at radius 2 is 1.48 bits per heavy atom. The second-order valence-electron chi connectivity index (χ2n) is 4.85. The third kappa shape index (κ3) is 2.50.